The lowest BCUT2D eigenvalue weighted by atomic mass is 10.2. The van der Waals surface area contributed by atoms with Gasteiger partial charge in [-0.15, -0.1) is 0 Å². The third-order valence-electron chi connectivity index (χ3n) is 4.78. The number of benzene rings is 2. The van der Waals surface area contributed by atoms with Crippen LogP contribution in [0.4, 0.5) is 11.4 Å². The summed E-state index contributed by atoms with van der Waals surface area (Å²) in [5.74, 6) is -0.0500. The zero-order chi connectivity index (χ0) is 20.9. The minimum absolute atomic E-state index is 0.0180. The molecule has 8 heteroatoms. The molecule has 0 bridgehead atoms. The number of nitrogens with one attached hydrogen (secondary N) is 2. The molecule has 0 aromatic heterocycles. The van der Waals surface area contributed by atoms with Crippen molar-refractivity contribution in [3.05, 3.63) is 54.1 Å². The minimum atomic E-state index is -3.68. The van der Waals surface area contributed by atoms with Crippen molar-refractivity contribution in [3.8, 4) is 5.75 Å². The quantitative estimate of drug-likeness (QED) is 0.679. The number of para-hydroxylation sites is 2. The van der Waals surface area contributed by atoms with Crippen LogP contribution in [0.5, 0.6) is 5.75 Å². The van der Waals surface area contributed by atoms with Gasteiger partial charge in [-0.05, 0) is 55.8 Å². The molecule has 7 nitrogen and oxygen atoms in total. The van der Waals surface area contributed by atoms with Gasteiger partial charge in [0.05, 0.1) is 18.5 Å². The number of carbonyl (C=O) groups is 1. The van der Waals surface area contributed by atoms with E-state index in [-0.39, 0.29) is 16.6 Å². The Morgan fingerprint density at radius 3 is 2.55 bits per heavy atom. The van der Waals surface area contributed by atoms with E-state index in [2.05, 4.69) is 14.9 Å². The maximum atomic E-state index is 12.4. The first kappa shape index (κ1) is 20.9. The molecule has 0 spiro atoms. The third kappa shape index (κ3) is 4.96. The topological polar surface area (TPSA) is 87.7 Å². The van der Waals surface area contributed by atoms with Crippen molar-refractivity contribution in [2.24, 2.45) is 0 Å². The molecule has 1 fully saturated rings. The molecule has 0 radical (unpaired) electrons. The second-order valence-corrected chi connectivity index (χ2v) is 8.51. The monoisotopic (exact) mass is 415 g/mol. The van der Waals surface area contributed by atoms with E-state index in [0.29, 0.717) is 5.56 Å². The van der Waals surface area contributed by atoms with E-state index in [1.807, 2.05) is 24.3 Å². The molecular formula is C21H25N3O4S. The molecule has 1 aliphatic heterocycles. The molecule has 0 unspecified atom stereocenters. The van der Waals surface area contributed by atoms with Crippen LogP contribution in [-0.2, 0) is 14.8 Å². The fraction of sp³-hybridized carbons (Fsp3) is 0.286. The van der Waals surface area contributed by atoms with Crippen molar-refractivity contribution >= 4 is 33.4 Å². The lowest BCUT2D eigenvalue weighted by Crippen LogP contribution is -2.20. The van der Waals surface area contributed by atoms with Crippen LogP contribution in [0, 0.1) is 0 Å². The molecular weight excluding hydrogens is 390 g/mol. The van der Waals surface area contributed by atoms with Crippen LogP contribution in [0.15, 0.2) is 53.4 Å². The number of rotatable bonds is 7. The summed E-state index contributed by atoms with van der Waals surface area (Å²) in [7, 11) is -0.937. The Morgan fingerprint density at radius 2 is 1.86 bits per heavy atom. The van der Waals surface area contributed by atoms with Gasteiger partial charge in [0, 0.05) is 19.2 Å². The average molecular weight is 416 g/mol. The maximum absolute atomic E-state index is 12.4. The maximum Gasteiger partial charge on any atom is 0.248 e. The average Bonchev–Trinajstić information content (AvgIpc) is 3.27. The molecule has 1 saturated heterocycles. The lowest BCUT2D eigenvalue weighted by molar-refractivity contribution is -0.111. The first-order valence-electron chi connectivity index (χ1n) is 9.39. The van der Waals surface area contributed by atoms with Gasteiger partial charge in [0.15, 0.2) is 0 Å². The van der Waals surface area contributed by atoms with Crippen molar-refractivity contribution in [2.45, 2.75) is 17.7 Å². The molecule has 154 valence electrons. The van der Waals surface area contributed by atoms with Gasteiger partial charge < -0.3 is 15.0 Å². The van der Waals surface area contributed by atoms with Gasteiger partial charge in [0.25, 0.3) is 0 Å². The zero-order valence-corrected chi connectivity index (χ0v) is 17.3. The summed E-state index contributed by atoms with van der Waals surface area (Å²) in [6, 6.07) is 12.4. The normalized spacial score (nSPS) is 14.3. The van der Waals surface area contributed by atoms with Gasteiger partial charge in [-0.2, -0.15) is 0 Å². The number of amides is 1. The molecule has 1 heterocycles. The summed E-state index contributed by atoms with van der Waals surface area (Å²) in [6.07, 6.45) is 5.26. The molecule has 29 heavy (non-hydrogen) atoms. The van der Waals surface area contributed by atoms with Gasteiger partial charge in [0.1, 0.15) is 10.6 Å². The first-order valence-corrected chi connectivity index (χ1v) is 10.9. The van der Waals surface area contributed by atoms with E-state index < -0.39 is 10.0 Å². The number of carbonyl (C=O) groups excluding carboxylic acids is 1. The van der Waals surface area contributed by atoms with Crippen LogP contribution >= 0.6 is 0 Å². The highest BCUT2D eigenvalue weighted by atomic mass is 32.2. The fourth-order valence-electron chi connectivity index (χ4n) is 3.28. The number of nitrogens with zero attached hydrogens (tertiary/aromatic N) is 1. The van der Waals surface area contributed by atoms with Crippen molar-refractivity contribution in [1.82, 2.24) is 4.72 Å². The summed E-state index contributed by atoms with van der Waals surface area (Å²) < 4.78 is 31.8. The van der Waals surface area contributed by atoms with Crippen molar-refractivity contribution < 1.29 is 17.9 Å². The highest BCUT2D eigenvalue weighted by Gasteiger charge is 2.18. The Bertz CT molecular complexity index is 1010. The van der Waals surface area contributed by atoms with E-state index in [1.165, 1.54) is 26.3 Å². The van der Waals surface area contributed by atoms with E-state index in [9.17, 15) is 13.2 Å². The standard InChI is InChI=1S/C21H25N3O4S/c1-22-29(26,27)20-15-16(9-11-19(20)28-2)10-12-21(25)23-17-7-3-4-8-18(17)24-13-5-6-14-24/h3-4,7-12,15,22H,5-6,13-14H2,1-2H3,(H,23,25)/b12-10+. The van der Waals surface area contributed by atoms with Crippen molar-refractivity contribution in [2.75, 3.05) is 37.5 Å². The largest absolute Gasteiger partial charge is 0.495 e. The number of ether oxygens (including phenoxy) is 1. The summed E-state index contributed by atoms with van der Waals surface area (Å²) in [4.78, 5) is 14.7. The predicted octanol–water partition coefficient (Wildman–Crippen LogP) is 2.86. The van der Waals surface area contributed by atoms with Crippen LogP contribution < -0.4 is 19.7 Å². The van der Waals surface area contributed by atoms with Crippen molar-refractivity contribution in [1.29, 1.82) is 0 Å². The Hall–Kier alpha value is -2.84. The summed E-state index contributed by atoms with van der Waals surface area (Å²) in [6.45, 7) is 1.97. The van der Waals surface area contributed by atoms with Crippen LogP contribution in [0.2, 0.25) is 0 Å². The summed E-state index contributed by atoms with van der Waals surface area (Å²) in [5, 5.41) is 2.91. The molecule has 1 aliphatic rings. The molecule has 2 aromatic rings. The van der Waals surface area contributed by atoms with Crippen LogP contribution in [0.25, 0.3) is 6.08 Å². The third-order valence-corrected chi connectivity index (χ3v) is 6.22. The summed E-state index contributed by atoms with van der Waals surface area (Å²) in [5.41, 5.74) is 2.35. The van der Waals surface area contributed by atoms with E-state index in [1.54, 1.807) is 18.2 Å². The number of hydrogen-bond donors (Lipinski definition) is 2. The Morgan fingerprint density at radius 1 is 1.14 bits per heavy atom. The highest BCUT2D eigenvalue weighted by Crippen LogP contribution is 2.29. The Labute approximate surface area is 171 Å². The van der Waals surface area contributed by atoms with Crippen LogP contribution in [0.1, 0.15) is 18.4 Å². The molecule has 2 aromatic carbocycles. The van der Waals surface area contributed by atoms with Gasteiger partial charge in [-0.25, -0.2) is 13.1 Å². The van der Waals surface area contributed by atoms with E-state index in [0.717, 1.165) is 37.3 Å². The van der Waals surface area contributed by atoms with E-state index >= 15 is 0 Å². The minimum Gasteiger partial charge on any atom is -0.495 e. The molecule has 3 rings (SSSR count). The predicted molar refractivity (Wildman–Crippen MR) is 115 cm³/mol. The fourth-order valence-corrected chi connectivity index (χ4v) is 4.20. The zero-order valence-electron chi connectivity index (χ0n) is 16.5. The van der Waals surface area contributed by atoms with E-state index in [4.69, 9.17) is 4.74 Å². The molecule has 0 aliphatic carbocycles. The lowest BCUT2D eigenvalue weighted by Gasteiger charge is -2.21. The number of methoxy groups -OCH3 is 1. The van der Waals surface area contributed by atoms with Crippen LogP contribution in [0.3, 0.4) is 0 Å². The second-order valence-electron chi connectivity index (χ2n) is 6.65. The molecule has 0 saturated carbocycles. The number of anilines is 2. The Kier molecular flexibility index (Phi) is 6.56. The second kappa shape index (κ2) is 9.11. The number of sulfonamides is 1. The highest BCUT2D eigenvalue weighted by molar-refractivity contribution is 7.89. The van der Waals surface area contributed by atoms with Gasteiger partial charge in [0.2, 0.25) is 15.9 Å². The summed E-state index contributed by atoms with van der Waals surface area (Å²) >= 11 is 0. The van der Waals surface area contributed by atoms with Gasteiger partial charge >= 0.3 is 0 Å². The van der Waals surface area contributed by atoms with Gasteiger partial charge in [-0.1, -0.05) is 18.2 Å². The smallest absolute Gasteiger partial charge is 0.248 e. The van der Waals surface area contributed by atoms with Gasteiger partial charge in [-0.3, -0.25) is 4.79 Å². The molecule has 0 atom stereocenters. The number of hydrogen-bond acceptors (Lipinski definition) is 5. The van der Waals surface area contributed by atoms with Crippen LogP contribution in [-0.4, -0.2) is 41.6 Å². The molecule has 1 amide bonds. The van der Waals surface area contributed by atoms with Crippen molar-refractivity contribution in [3.63, 3.8) is 0 Å². The molecule has 2 N–H and O–H groups in total. The Balaban J connectivity index is 1.77. The SMILES string of the molecule is CNS(=O)(=O)c1cc(/C=C/C(=O)Nc2ccccc2N2CCCC2)ccc1OC. The first-order chi connectivity index (χ1) is 13.9.